The van der Waals surface area contributed by atoms with Crippen LogP contribution < -0.4 is 5.32 Å². The minimum atomic E-state index is 0.0862. The Kier molecular flexibility index (Phi) is 7.25. The Labute approximate surface area is 330 Å². The topological polar surface area (TPSA) is 20.0 Å². The number of aromatic nitrogens is 1. The summed E-state index contributed by atoms with van der Waals surface area (Å²) in [5.41, 5.74) is 12.1. The first-order chi connectivity index (χ1) is 27.8. The van der Waals surface area contributed by atoms with Crippen LogP contribution in [-0.2, 0) is 12.8 Å². The van der Waals surface area contributed by atoms with E-state index < -0.39 is 0 Å². The van der Waals surface area contributed by atoms with Crippen molar-refractivity contribution in [3.8, 4) is 5.69 Å². The van der Waals surface area contributed by atoms with Gasteiger partial charge in [0.15, 0.2) is 0 Å². The lowest BCUT2D eigenvalue weighted by Crippen LogP contribution is -2.51. The molecular formula is C52H40N3S+. The van der Waals surface area contributed by atoms with Crippen LogP contribution in [0.5, 0.6) is 0 Å². The van der Waals surface area contributed by atoms with Gasteiger partial charge in [0.2, 0.25) is 0 Å². The molecule has 0 amide bonds. The second-order valence-electron chi connectivity index (χ2n) is 15.8. The largest absolute Gasteiger partial charge is 0.310 e. The summed E-state index contributed by atoms with van der Waals surface area (Å²) in [5, 5.41) is 9.30. The van der Waals surface area contributed by atoms with E-state index >= 15 is 0 Å². The lowest BCUT2D eigenvalue weighted by Gasteiger charge is -2.37. The van der Waals surface area contributed by atoms with Crippen molar-refractivity contribution in [2.45, 2.75) is 37.3 Å². The molecule has 0 bridgehead atoms. The fourth-order valence-electron chi connectivity index (χ4n) is 10.2. The van der Waals surface area contributed by atoms with Crippen LogP contribution in [0.25, 0.3) is 43.5 Å². The van der Waals surface area contributed by atoms with E-state index in [2.05, 4.69) is 190 Å². The number of aryl methyl sites for hydroxylation is 1. The van der Waals surface area contributed by atoms with Gasteiger partial charge < -0.3 is 4.57 Å². The van der Waals surface area contributed by atoms with Gasteiger partial charge in [0, 0.05) is 33.1 Å². The van der Waals surface area contributed by atoms with Crippen molar-refractivity contribution < 1.29 is 4.58 Å². The Bertz CT molecular complexity index is 2990. The molecule has 0 radical (unpaired) electrons. The number of benzene rings is 6. The highest BCUT2D eigenvalue weighted by Crippen LogP contribution is 2.53. The summed E-state index contributed by atoms with van der Waals surface area (Å²) in [4.78, 5) is 1.52. The molecule has 2 aromatic heterocycles. The number of para-hydroxylation sites is 1. The summed E-state index contributed by atoms with van der Waals surface area (Å²) in [6, 6.07) is 51.7. The van der Waals surface area contributed by atoms with Crippen molar-refractivity contribution in [3.05, 3.63) is 208 Å². The van der Waals surface area contributed by atoms with Gasteiger partial charge in [-0.15, -0.1) is 11.3 Å². The number of thiophene rings is 1. The molecule has 8 aromatic rings. The lowest BCUT2D eigenvalue weighted by atomic mass is 9.67. The third kappa shape index (κ3) is 4.85. The fraction of sp³-hybridized carbons (Fsp3) is 0.135. The van der Waals surface area contributed by atoms with Gasteiger partial charge in [-0.05, 0) is 112 Å². The van der Waals surface area contributed by atoms with Crippen LogP contribution in [0.4, 0.5) is 5.69 Å². The van der Waals surface area contributed by atoms with Crippen molar-refractivity contribution in [1.29, 1.82) is 0 Å². The van der Waals surface area contributed by atoms with Crippen LogP contribution in [0.1, 0.15) is 62.8 Å². The monoisotopic (exact) mass is 738 g/mol. The molecule has 4 atom stereocenters. The number of amidine groups is 1. The molecule has 4 heteroatoms. The smallest absolute Gasteiger partial charge is 0.291 e. The van der Waals surface area contributed by atoms with Gasteiger partial charge >= 0.3 is 0 Å². The summed E-state index contributed by atoms with van der Waals surface area (Å²) in [6.45, 7) is 0. The Balaban J connectivity index is 0.984. The van der Waals surface area contributed by atoms with Gasteiger partial charge in [-0.2, -0.15) is 4.58 Å². The van der Waals surface area contributed by atoms with Gasteiger partial charge in [0.05, 0.1) is 15.8 Å². The van der Waals surface area contributed by atoms with Gasteiger partial charge in [0.1, 0.15) is 5.69 Å². The minimum absolute atomic E-state index is 0.0862. The van der Waals surface area contributed by atoms with Gasteiger partial charge in [0.25, 0.3) is 12.0 Å². The molecule has 3 nitrogen and oxygen atoms in total. The molecule has 1 aliphatic heterocycles. The number of hydrogen-bond donors (Lipinski definition) is 1. The van der Waals surface area contributed by atoms with Crippen molar-refractivity contribution in [3.63, 3.8) is 0 Å². The average molecular weight is 739 g/mol. The van der Waals surface area contributed by atoms with E-state index in [-0.39, 0.29) is 6.17 Å². The lowest BCUT2D eigenvalue weighted by molar-refractivity contribution is -0.531. The molecular weight excluding hydrogens is 699 g/mol. The van der Waals surface area contributed by atoms with Crippen LogP contribution >= 0.6 is 11.3 Å². The maximum Gasteiger partial charge on any atom is 0.291 e. The number of nitrogens with one attached hydrogen (secondary N) is 1. The summed E-state index contributed by atoms with van der Waals surface area (Å²) in [6.07, 6.45) is 17.5. The van der Waals surface area contributed by atoms with Crippen LogP contribution in [-0.4, -0.2) is 15.0 Å². The summed E-state index contributed by atoms with van der Waals surface area (Å²) in [5.74, 6) is 2.27. The third-order valence-corrected chi connectivity index (χ3v) is 14.0. The molecule has 56 heavy (non-hydrogen) atoms. The highest BCUT2D eigenvalue weighted by Gasteiger charge is 2.43. The highest BCUT2D eigenvalue weighted by molar-refractivity contribution is 7.19. The standard InChI is InChI=1S/C52H39N3S/c1-3-15-33(16-4-1)51-53-52(55(51)37-20-5-2-6-21-37)43-27-14-26-42-49-41-25-10-9-23-39(41)44(32-48(49)56-50(42)43)36-19-13-22-38(29-36)54-46-28-12-11-24-40(46)45-30-34-17-7-8-18-35(34)31-47(45)54/h1-10,12-23,25-31,39,41,44,51H,11,24,32H2/p+1. The first-order valence-corrected chi connectivity index (χ1v) is 20.9. The van der Waals surface area contributed by atoms with E-state index in [1.54, 1.807) is 0 Å². The molecule has 4 aliphatic rings. The van der Waals surface area contributed by atoms with Gasteiger partial charge in [-0.25, -0.2) is 5.32 Å². The number of rotatable bonds is 5. The molecule has 12 rings (SSSR count). The van der Waals surface area contributed by atoms with E-state index in [1.807, 2.05) is 11.3 Å². The summed E-state index contributed by atoms with van der Waals surface area (Å²) >= 11 is 2.02. The molecule has 0 fully saturated rings. The molecule has 3 aliphatic carbocycles. The van der Waals surface area contributed by atoms with E-state index in [4.69, 9.17) is 0 Å². The fourth-order valence-corrected chi connectivity index (χ4v) is 11.7. The molecule has 3 heterocycles. The summed E-state index contributed by atoms with van der Waals surface area (Å²) in [7, 11) is 0. The number of allylic oxidation sites excluding steroid dienone is 5. The quantitative estimate of drug-likeness (QED) is 0.174. The van der Waals surface area contributed by atoms with E-state index in [0.29, 0.717) is 17.8 Å². The predicted molar refractivity (Wildman–Crippen MR) is 234 cm³/mol. The number of nitrogens with zero attached hydrogens (tertiary/aromatic N) is 2. The Hall–Kier alpha value is -6.23. The van der Waals surface area contributed by atoms with Gasteiger partial charge in [-0.3, -0.25) is 0 Å². The molecule has 6 aromatic carbocycles. The summed E-state index contributed by atoms with van der Waals surface area (Å²) < 4.78 is 6.40. The predicted octanol–water partition coefficient (Wildman–Crippen LogP) is 12.5. The normalized spacial score (nSPS) is 20.9. The zero-order valence-corrected chi connectivity index (χ0v) is 31.8. The average Bonchev–Trinajstić information content (AvgIpc) is 3.79. The van der Waals surface area contributed by atoms with Gasteiger partial charge in [-0.1, -0.05) is 127 Å². The minimum Gasteiger partial charge on any atom is -0.310 e. The molecule has 0 spiro atoms. The second-order valence-corrected chi connectivity index (χ2v) is 16.9. The van der Waals surface area contributed by atoms with Crippen molar-refractivity contribution in [2.75, 3.05) is 0 Å². The first-order valence-electron chi connectivity index (χ1n) is 20.0. The van der Waals surface area contributed by atoms with Crippen molar-refractivity contribution >= 4 is 60.7 Å². The van der Waals surface area contributed by atoms with E-state index in [1.165, 1.54) is 87.4 Å². The van der Waals surface area contributed by atoms with Crippen LogP contribution in [0.2, 0.25) is 0 Å². The Morgan fingerprint density at radius 3 is 2.34 bits per heavy atom. The van der Waals surface area contributed by atoms with Crippen LogP contribution in [0, 0.1) is 5.92 Å². The third-order valence-electron chi connectivity index (χ3n) is 12.8. The van der Waals surface area contributed by atoms with Crippen molar-refractivity contribution in [2.24, 2.45) is 5.92 Å². The van der Waals surface area contributed by atoms with E-state index in [0.717, 1.165) is 19.3 Å². The molecule has 1 N–H and O–H groups in total. The highest BCUT2D eigenvalue weighted by atomic mass is 32.1. The Morgan fingerprint density at radius 2 is 1.46 bits per heavy atom. The zero-order chi connectivity index (χ0) is 36.7. The SMILES string of the molecule is C1=CC2c3c(sc4c(C5=[N+](c6ccccc6)C(c6ccccc6)N5)cccc34)CC(c3cccc(-n4c5c(c6cc7ccccc7cc64)CCC=C5)c3)C2C=C1. The molecule has 268 valence electrons. The number of hydrogen-bond acceptors (Lipinski definition) is 2. The van der Waals surface area contributed by atoms with Crippen LogP contribution in [0.3, 0.4) is 0 Å². The van der Waals surface area contributed by atoms with Crippen molar-refractivity contribution in [1.82, 2.24) is 9.88 Å². The second kappa shape index (κ2) is 12.7. The number of fused-ring (bicyclic) bond motifs is 9. The maximum atomic E-state index is 3.90. The van der Waals surface area contributed by atoms with E-state index in [9.17, 15) is 0 Å². The molecule has 0 saturated carbocycles. The Morgan fingerprint density at radius 1 is 0.696 bits per heavy atom. The first kappa shape index (κ1) is 32.1. The molecule has 4 unspecified atom stereocenters. The zero-order valence-electron chi connectivity index (χ0n) is 31.0. The maximum absolute atomic E-state index is 3.90. The molecule has 0 saturated heterocycles. The van der Waals surface area contributed by atoms with Crippen LogP contribution in [0.15, 0.2) is 170 Å².